The topological polar surface area (TPSA) is 108 Å². The Morgan fingerprint density at radius 2 is 1.39 bits per heavy atom. The molecule has 0 aliphatic carbocycles. The van der Waals surface area contributed by atoms with Crippen LogP contribution in [0.1, 0.15) is 22.5 Å². The van der Waals surface area contributed by atoms with Crippen LogP contribution in [0.2, 0.25) is 0 Å². The van der Waals surface area contributed by atoms with E-state index < -0.39 is 0 Å². The summed E-state index contributed by atoms with van der Waals surface area (Å²) in [6.07, 6.45) is 3.81. The Morgan fingerprint density at radius 3 is 1.70 bits per heavy atom. The first-order valence-electron chi connectivity index (χ1n) is 6.37. The summed E-state index contributed by atoms with van der Waals surface area (Å²) in [7, 11) is 0. The van der Waals surface area contributed by atoms with Gasteiger partial charge < -0.3 is 5.21 Å². The molecule has 2 aromatic rings. The average Bonchev–Trinajstić information content (AvgIpc) is 2.50. The van der Waals surface area contributed by atoms with Gasteiger partial charge in [0, 0.05) is 30.4 Å². The van der Waals surface area contributed by atoms with Crippen molar-refractivity contribution in [2.45, 2.75) is 27.7 Å². The Labute approximate surface area is 134 Å². The van der Waals surface area contributed by atoms with Gasteiger partial charge in [0.2, 0.25) is 0 Å². The molecule has 0 atom stereocenters. The summed E-state index contributed by atoms with van der Waals surface area (Å²) in [4.78, 5) is 36.6. The molecule has 0 amide bonds. The minimum absolute atomic E-state index is 0.250. The molecule has 0 spiro atoms. The normalized spacial score (nSPS) is 7.65. The summed E-state index contributed by atoms with van der Waals surface area (Å²) in [6, 6.07) is 7.67. The van der Waals surface area contributed by atoms with E-state index in [1.54, 1.807) is 6.07 Å². The average molecular weight is 318 g/mol. The number of hydrogen-bond donors (Lipinski definition) is 0. The second-order valence-corrected chi connectivity index (χ2v) is 4.17. The Balaban J connectivity index is 0. The quantitative estimate of drug-likeness (QED) is 0.537. The van der Waals surface area contributed by atoms with Crippen LogP contribution in [0, 0.1) is 32.9 Å². The van der Waals surface area contributed by atoms with Gasteiger partial charge in [-0.25, -0.2) is 0 Å². The van der Waals surface area contributed by atoms with Crippen LogP contribution in [-0.4, -0.2) is 17.3 Å². The molecular formula is C16H18N2O5. The fourth-order valence-corrected chi connectivity index (χ4v) is 1.24. The third-order valence-electron chi connectivity index (χ3n) is 2.74. The van der Waals surface area contributed by atoms with Crippen molar-refractivity contribution < 1.29 is 23.9 Å². The number of nitrogens with zero attached hydrogens (tertiary/aromatic N) is 2. The summed E-state index contributed by atoms with van der Waals surface area (Å²) in [5, 5.41) is 10.8. The molecule has 0 saturated heterocycles. The van der Waals surface area contributed by atoms with Crippen LogP contribution in [-0.2, 0) is 19.2 Å². The van der Waals surface area contributed by atoms with E-state index in [0.717, 1.165) is 21.7 Å². The first kappa shape index (κ1) is 22.1. The van der Waals surface area contributed by atoms with Gasteiger partial charge in [0.1, 0.15) is 0 Å². The first-order valence-corrected chi connectivity index (χ1v) is 6.37. The summed E-state index contributed by atoms with van der Waals surface area (Å²) >= 11 is 0. The molecule has 2 rings (SSSR count). The van der Waals surface area contributed by atoms with Crippen molar-refractivity contribution in [2.75, 3.05) is 0 Å². The lowest BCUT2D eigenvalue weighted by Gasteiger charge is -2.00. The molecule has 0 aliphatic heterocycles. The minimum Gasteiger partial charge on any atom is -0.619 e. The van der Waals surface area contributed by atoms with E-state index in [-0.39, 0.29) is 12.3 Å². The molecule has 0 unspecified atom stereocenters. The zero-order valence-corrected chi connectivity index (χ0v) is 13.4. The molecule has 2 heterocycles. The smallest absolute Gasteiger partial charge is 0.373 e. The number of pyridine rings is 2. The molecule has 122 valence electrons. The fraction of sp³-hybridized carbons (Fsp3) is 0.250. The Kier molecular flexibility index (Phi) is 13.3. The lowest BCUT2D eigenvalue weighted by Crippen LogP contribution is -2.29. The monoisotopic (exact) mass is 318 g/mol. The second-order valence-electron chi connectivity index (χ2n) is 4.17. The summed E-state index contributed by atoms with van der Waals surface area (Å²) < 4.78 is 0.870. The van der Waals surface area contributed by atoms with Crippen LogP contribution in [0.4, 0.5) is 0 Å². The molecule has 2 aromatic heterocycles. The number of rotatable bonds is 0. The molecule has 0 bridgehead atoms. The zero-order valence-electron chi connectivity index (χ0n) is 13.4. The number of aromatic nitrogens is 2. The van der Waals surface area contributed by atoms with Gasteiger partial charge in [-0.05, 0) is 38.5 Å². The highest BCUT2D eigenvalue weighted by Gasteiger charge is 1.98. The fourth-order valence-electron chi connectivity index (χ4n) is 1.24. The standard InChI is InChI=1S/C7H9NO.C7H9N.2CO2/c1-6-4-3-5-8(9)7(6)2;1-6-4-3-5-8-7(6)2;2*2-1-3/h3-5H,1-2H3;3-5H,1-2H3;;. The van der Waals surface area contributed by atoms with Crippen molar-refractivity contribution in [3.8, 4) is 0 Å². The largest absolute Gasteiger partial charge is 0.619 e. The van der Waals surface area contributed by atoms with Crippen molar-refractivity contribution >= 4 is 12.3 Å². The van der Waals surface area contributed by atoms with E-state index in [0.29, 0.717) is 0 Å². The molecule has 7 heteroatoms. The summed E-state index contributed by atoms with van der Waals surface area (Å²) in [5.74, 6) is 0. The third-order valence-corrected chi connectivity index (χ3v) is 2.74. The Hall–Kier alpha value is -3.14. The van der Waals surface area contributed by atoms with Crippen molar-refractivity contribution in [3.05, 3.63) is 64.4 Å². The number of aryl methyl sites for hydroxylation is 3. The zero-order chi connectivity index (χ0) is 18.3. The van der Waals surface area contributed by atoms with Gasteiger partial charge in [-0.15, -0.1) is 0 Å². The highest BCUT2D eigenvalue weighted by atomic mass is 16.5. The molecule has 7 nitrogen and oxygen atoms in total. The SMILES string of the molecule is Cc1ccc[n+]([O-])c1C.Cc1cccnc1C.O=C=O.O=C=O. The molecule has 23 heavy (non-hydrogen) atoms. The minimum atomic E-state index is 0.250. The molecule has 0 aromatic carbocycles. The summed E-state index contributed by atoms with van der Waals surface area (Å²) in [5.41, 5.74) is 4.19. The Morgan fingerprint density at radius 1 is 0.913 bits per heavy atom. The van der Waals surface area contributed by atoms with E-state index in [2.05, 4.69) is 18.0 Å². The van der Waals surface area contributed by atoms with Crippen molar-refractivity contribution in [1.29, 1.82) is 0 Å². The summed E-state index contributed by atoms with van der Waals surface area (Å²) in [6.45, 7) is 7.80. The highest BCUT2D eigenvalue weighted by molar-refractivity contribution is 5.20. The molecule has 0 N–H and O–H groups in total. The van der Waals surface area contributed by atoms with Crippen LogP contribution in [0.25, 0.3) is 0 Å². The maximum absolute atomic E-state index is 10.8. The highest BCUT2D eigenvalue weighted by Crippen LogP contribution is 1.98. The van der Waals surface area contributed by atoms with Crippen molar-refractivity contribution in [1.82, 2.24) is 4.98 Å². The van der Waals surface area contributed by atoms with Gasteiger partial charge in [-0.1, -0.05) is 6.07 Å². The predicted molar refractivity (Wildman–Crippen MR) is 78.6 cm³/mol. The molecule has 0 radical (unpaired) electrons. The third kappa shape index (κ3) is 11.2. The maximum Gasteiger partial charge on any atom is 0.373 e. The van der Waals surface area contributed by atoms with Crippen molar-refractivity contribution in [2.24, 2.45) is 0 Å². The molecule has 0 aliphatic rings. The van der Waals surface area contributed by atoms with Gasteiger partial charge >= 0.3 is 12.3 Å². The van der Waals surface area contributed by atoms with Crippen LogP contribution in [0.3, 0.4) is 0 Å². The van der Waals surface area contributed by atoms with Gasteiger partial charge in [0.05, 0.1) is 0 Å². The van der Waals surface area contributed by atoms with Gasteiger partial charge in [0.15, 0.2) is 11.9 Å². The number of carbonyl (C=O) groups excluding carboxylic acids is 4. The Bertz CT molecular complexity index is 606. The molecular weight excluding hydrogens is 300 g/mol. The van der Waals surface area contributed by atoms with Gasteiger partial charge in [-0.3, -0.25) is 4.98 Å². The number of hydrogen-bond acceptors (Lipinski definition) is 6. The van der Waals surface area contributed by atoms with E-state index in [9.17, 15) is 5.21 Å². The van der Waals surface area contributed by atoms with Crippen LogP contribution >= 0.6 is 0 Å². The van der Waals surface area contributed by atoms with E-state index in [4.69, 9.17) is 19.2 Å². The lowest BCUT2D eigenvalue weighted by molar-refractivity contribution is -0.612. The van der Waals surface area contributed by atoms with E-state index in [1.165, 1.54) is 11.8 Å². The van der Waals surface area contributed by atoms with E-state index in [1.807, 2.05) is 39.1 Å². The van der Waals surface area contributed by atoms with E-state index >= 15 is 0 Å². The molecule has 0 fully saturated rings. The van der Waals surface area contributed by atoms with Gasteiger partial charge in [-0.2, -0.15) is 23.9 Å². The lowest BCUT2D eigenvalue weighted by atomic mass is 10.2. The van der Waals surface area contributed by atoms with Crippen molar-refractivity contribution in [3.63, 3.8) is 0 Å². The van der Waals surface area contributed by atoms with Crippen LogP contribution < -0.4 is 4.73 Å². The molecule has 0 saturated carbocycles. The van der Waals surface area contributed by atoms with Gasteiger partial charge in [0.25, 0.3) is 0 Å². The second kappa shape index (κ2) is 13.8. The maximum atomic E-state index is 10.8. The van der Waals surface area contributed by atoms with Crippen LogP contribution in [0.5, 0.6) is 0 Å². The van der Waals surface area contributed by atoms with Crippen LogP contribution in [0.15, 0.2) is 36.7 Å². The predicted octanol–water partition coefficient (Wildman–Crippen LogP) is 1.47. The first-order chi connectivity index (χ1) is 10.8.